The van der Waals surface area contributed by atoms with E-state index in [4.69, 9.17) is 0 Å². The van der Waals surface area contributed by atoms with Gasteiger partial charge in [0, 0.05) is 11.1 Å². The van der Waals surface area contributed by atoms with E-state index < -0.39 is 0 Å². The van der Waals surface area contributed by atoms with Gasteiger partial charge in [-0.05, 0) is 34.7 Å². The highest BCUT2D eigenvalue weighted by Gasteiger charge is 2.17. The fourth-order valence-corrected chi connectivity index (χ4v) is 3.49. The molecule has 4 rings (SSSR count). The second kappa shape index (κ2) is 7.43. The van der Waals surface area contributed by atoms with Gasteiger partial charge in [-0.15, -0.1) is 0 Å². The maximum Gasteiger partial charge on any atom is 0.193 e. The lowest BCUT2D eigenvalue weighted by Crippen LogP contribution is -2.03. The zero-order chi connectivity index (χ0) is 18.6. The quantitative estimate of drug-likeness (QED) is 0.382. The fourth-order valence-electron chi connectivity index (χ4n) is 3.49. The minimum absolute atomic E-state index is 0.0470. The van der Waals surface area contributed by atoms with Gasteiger partial charge in [-0.1, -0.05) is 103 Å². The number of hydrogen-bond acceptors (Lipinski definition) is 1. The van der Waals surface area contributed by atoms with E-state index in [1.807, 2.05) is 72.8 Å². The van der Waals surface area contributed by atoms with Crippen LogP contribution in [0.15, 0.2) is 103 Å². The van der Waals surface area contributed by atoms with Gasteiger partial charge in [-0.2, -0.15) is 0 Å². The molecule has 0 aliphatic carbocycles. The van der Waals surface area contributed by atoms with Crippen LogP contribution in [-0.2, 0) is 0 Å². The molecule has 0 atom stereocenters. The fraction of sp³-hybridized carbons (Fsp3) is 0.0385. The van der Waals surface area contributed by atoms with E-state index in [9.17, 15) is 4.79 Å². The van der Waals surface area contributed by atoms with Crippen molar-refractivity contribution in [3.05, 3.63) is 120 Å². The minimum atomic E-state index is 0.0470. The summed E-state index contributed by atoms with van der Waals surface area (Å²) in [4.78, 5) is 13.2. The van der Waals surface area contributed by atoms with Crippen LogP contribution >= 0.6 is 0 Å². The minimum Gasteiger partial charge on any atom is -0.289 e. The molecular formula is C26H20O. The van der Waals surface area contributed by atoms with Crippen molar-refractivity contribution in [3.63, 3.8) is 0 Å². The van der Waals surface area contributed by atoms with Crippen LogP contribution in [-0.4, -0.2) is 5.78 Å². The second-order valence-electron chi connectivity index (χ2n) is 6.60. The van der Waals surface area contributed by atoms with E-state index >= 15 is 0 Å². The normalized spacial score (nSPS) is 10.6. The van der Waals surface area contributed by atoms with Gasteiger partial charge in [0.05, 0.1) is 0 Å². The van der Waals surface area contributed by atoms with Crippen LogP contribution in [0.2, 0.25) is 0 Å². The first kappa shape index (κ1) is 17.0. The predicted molar refractivity (Wildman–Crippen MR) is 112 cm³/mol. The van der Waals surface area contributed by atoms with Gasteiger partial charge >= 0.3 is 0 Å². The van der Waals surface area contributed by atoms with Crippen LogP contribution in [0.5, 0.6) is 0 Å². The molecule has 0 saturated heterocycles. The molecule has 4 aromatic carbocycles. The van der Waals surface area contributed by atoms with Crippen LogP contribution < -0.4 is 0 Å². The molecule has 4 aromatic rings. The molecule has 0 fully saturated rings. The Kier molecular flexibility index (Phi) is 4.67. The second-order valence-corrected chi connectivity index (χ2v) is 6.60. The van der Waals surface area contributed by atoms with Crippen LogP contribution in [0.3, 0.4) is 0 Å². The zero-order valence-electron chi connectivity index (χ0n) is 15.2. The molecule has 0 aliphatic heterocycles. The number of aryl methyl sites for hydroxylation is 1. The average Bonchev–Trinajstić information content (AvgIpc) is 2.74. The third-order valence-corrected chi connectivity index (χ3v) is 4.86. The molecule has 0 aliphatic rings. The van der Waals surface area contributed by atoms with Crippen LogP contribution in [0.25, 0.3) is 22.3 Å². The third kappa shape index (κ3) is 3.32. The molecule has 0 N–H and O–H groups in total. The summed E-state index contributed by atoms with van der Waals surface area (Å²) < 4.78 is 0. The number of rotatable bonds is 4. The lowest BCUT2D eigenvalue weighted by atomic mass is 9.88. The summed E-state index contributed by atoms with van der Waals surface area (Å²) in [5.74, 6) is 0.0470. The van der Waals surface area contributed by atoms with E-state index in [1.54, 1.807) is 0 Å². The van der Waals surface area contributed by atoms with Crippen molar-refractivity contribution in [2.75, 3.05) is 0 Å². The van der Waals surface area contributed by atoms with Crippen molar-refractivity contribution in [3.8, 4) is 22.3 Å². The third-order valence-electron chi connectivity index (χ3n) is 4.86. The maximum absolute atomic E-state index is 13.2. The first-order valence-corrected chi connectivity index (χ1v) is 9.10. The van der Waals surface area contributed by atoms with Crippen LogP contribution in [0.1, 0.15) is 21.5 Å². The molecule has 0 unspecified atom stereocenters. The van der Waals surface area contributed by atoms with E-state index in [0.717, 1.165) is 22.3 Å². The van der Waals surface area contributed by atoms with Crippen LogP contribution in [0.4, 0.5) is 0 Å². The highest BCUT2D eigenvalue weighted by molar-refractivity contribution is 6.13. The first-order chi connectivity index (χ1) is 13.3. The molecule has 0 radical (unpaired) electrons. The molecule has 0 spiro atoms. The van der Waals surface area contributed by atoms with E-state index in [0.29, 0.717) is 5.56 Å². The molecule has 1 nitrogen and oxygen atoms in total. The molecule has 0 amide bonds. The summed E-state index contributed by atoms with van der Waals surface area (Å²) in [6, 6.07) is 34.0. The Balaban J connectivity index is 1.90. The molecule has 0 aromatic heterocycles. The van der Waals surface area contributed by atoms with Crippen molar-refractivity contribution in [1.82, 2.24) is 0 Å². The Hall–Kier alpha value is -3.45. The largest absolute Gasteiger partial charge is 0.289 e. The summed E-state index contributed by atoms with van der Waals surface area (Å²) in [5.41, 5.74) is 7.02. The van der Waals surface area contributed by atoms with Gasteiger partial charge in [0.15, 0.2) is 5.78 Å². The molecule has 0 bridgehead atoms. The maximum atomic E-state index is 13.2. The van der Waals surface area contributed by atoms with Gasteiger partial charge in [0.2, 0.25) is 0 Å². The van der Waals surface area contributed by atoms with Crippen molar-refractivity contribution < 1.29 is 4.79 Å². The summed E-state index contributed by atoms with van der Waals surface area (Å²) in [6.07, 6.45) is 0. The van der Waals surface area contributed by atoms with Gasteiger partial charge in [0.25, 0.3) is 0 Å². The lowest BCUT2D eigenvalue weighted by Gasteiger charge is -2.15. The topological polar surface area (TPSA) is 17.1 Å². The standard InChI is InChI=1S/C26H20O/c1-19-11-5-6-14-21(19)22-15-7-8-16-23(22)24-17-9-10-18-25(24)26(27)20-12-3-2-4-13-20/h2-18H,1H3. The molecular weight excluding hydrogens is 328 g/mol. The zero-order valence-corrected chi connectivity index (χ0v) is 15.2. The number of hydrogen-bond donors (Lipinski definition) is 0. The monoisotopic (exact) mass is 348 g/mol. The van der Waals surface area contributed by atoms with E-state index in [1.165, 1.54) is 11.1 Å². The molecule has 1 heteroatoms. The highest BCUT2D eigenvalue weighted by atomic mass is 16.1. The Labute approximate surface area is 159 Å². The lowest BCUT2D eigenvalue weighted by molar-refractivity contribution is 0.103. The Morgan fingerprint density at radius 1 is 0.519 bits per heavy atom. The number of benzene rings is 4. The number of carbonyl (C=O) groups is 1. The summed E-state index contributed by atoms with van der Waals surface area (Å²) in [7, 11) is 0. The predicted octanol–water partition coefficient (Wildman–Crippen LogP) is 6.56. The van der Waals surface area contributed by atoms with E-state index in [2.05, 4.69) is 37.3 Å². The van der Waals surface area contributed by atoms with Crippen molar-refractivity contribution >= 4 is 5.78 Å². The SMILES string of the molecule is Cc1ccccc1-c1ccccc1-c1ccccc1C(=O)c1ccccc1. The van der Waals surface area contributed by atoms with E-state index in [-0.39, 0.29) is 5.78 Å². The number of carbonyl (C=O) groups excluding carboxylic acids is 1. The highest BCUT2D eigenvalue weighted by Crippen LogP contribution is 2.35. The molecule has 130 valence electrons. The summed E-state index contributed by atoms with van der Waals surface area (Å²) in [5, 5.41) is 0. The molecule has 0 heterocycles. The average molecular weight is 348 g/mol. The molecule has 27 heavy (non-hydrogen) atoms. The van der Waals surface area contributed by atoms with Gasteiger partial charge in [0.1, 0.15) is 0 Å². The van der Waals surface area contributed by atoms with Gasteiger partial charge in [-0.3, -0.25) is 4.79 Å². The van der Waals surface area contributed by atoms with Crippen molar-refractivity contribution in [1.29, 1.82) is 0 Å². The van der Waals surface area contributed by atoms with Gasteiger partial charge in [-0.25, -0.2) is 0 Å². The van der Waals surface area contributed by atoms with Crippen molar-refractivity contribution in [2.24, 2.45) is 0 Å². The Morgan fingerprint density at radius 3 is 1.67 bits per heavy atom. The molecule has 0 saturated carbocycles. The Bertz CT molecular complexity index is 1090. The van der Waals surface area contributed by atoms with Crippen molar-refractivity contribution in [2.45, 2.75) is 6.92 Å². The summed E-state index contributed by atoms with van der Waals surface area (Å²) >= 11 is 0. The van der Waals surface area contributed by atoms with Gasteiger partial charge < -0.3 is 0 Å². The Morgan fingerprint density at radius 2 is 1.00 bits per heavy atom. The first-order valence-electron chi connectivity index (χ1n) is 9.10. The summed E-state index contributed by atoms with van der Waals surface area (Å²) in [6.45, 7) is 2.12. The van der Waals surface area contributed by atoms with Crippen LogP contribution in [0, 0.1) is 6.92 Å². The smallest absolute Gasteiger partial charge is 0.193 e. The number of ketones is 1.